The van der Waals surface area contributed by atoms with E-state index in [1.165, 1.54) is 6.07 Å². The molecule has 0 radical (unpaired) electrons. The molecule has 2 unspecified atom stereocenters. The van der Waals surface area contributed by atoms with Gasteiger partial charge in [0.05, 0.1) is 28.8 Å². The molecule has 1 aliphatic carbocycles. The van der Waals surface area contributed by atoms with Crippen LogP contribution in [0, 0.1) is 23.1 Å². The Balaban J connectivity index is 1.46. The maximum absolute atomic E-state index is 14.4. The highest BCUT2D eigenvalue weighted by Gasteiger charge is 2.23. The second-order valence-corrected chi connectivity index (χ2v) is 8.96. The first-order chi connectivity index (χ1) is 15.5. The zero-order chi connectivity index (χ0) is 22.5. The van der Waals surface area contributed by atoms with E-state index in [1.54, 1.807) is 12.3 Å². The minimum atomic E-state index is -0.455. The van der Waals surface area contributed by atoms with E-state index in [-0.39, 0.29) is 23.9 Å². The van der Waals surface area contributed by atoms with Crippen molar-refractivity contribution in [2.75, 3.05) is 23.8 Å². The summed E-state index contributed by atoms with van der Waals surface area (Å²) in [6.07, 6.45) is 6.78. The van der Waals surface area contributed by atoms with Crippen LogP contribution in [0.5, 0.6) is 0 Å². The number of aromatic nitrogens is 2. The fourth-order valence-electron chi connectivity index (χ4n) is 4.25. The second-order valence-electron chi connectivity index (χ2n) is 8.56. The number of halogens is 2. The van der Waals surface area contributed by atoms with E-state index < -0.39 is 5.82 Å². The van der Waals surface area contributed by atoms with Crippen molar-refractivity contribution in [3.05, 3.63) is 35.2 Å². The van der Waals surface area contributed by atoms with Crippen LogP contribution in [-0.2, 0) is 4.74 Å². The van der Waals surface area contributed by atoms with Crippen molar-refractivity contribution in [3.63, 3.8) is 0 Å². The topological polar surface area (TPSA) is 109 Å². The molecule has 2 aromatic heterocycles. The van der Waals surface area contributed by atoms with Crippen LogP contribution in [0.4, 0.5) is 16.0 Å². The van der Waals surface area contributed by atoms with Gasteiger partial charge in [0.25, 0.3) is 0 Å². The number of rotatable bonds is 6. The Morgan fingerprint density at radius 1 is 1.25 bits per heavy atom. The summed E-state index contributed by atoms with van der Waals surface area (Å²) in [5, 5.41) is 16.1. The zero-order valence-corrected chi connectivity index (χ0v) is 18.6. The van der Waals surface area contributed by atoms with Gasteiger partial charge in [-0.3, -0.25) is 0 Å². The maximum Gasteiger partial charge on any atom is 0.165 e. The molecule has 4 rings (SSSR count). The van der Waals surface area contributed by atoms with Crippen LogP contribution >= 0.6 is 11.6 Å². The minimum Gasteiger partial charge on any atom is -0.376 e. The average Bonchev–Trinajstić information content (AvgIpc) is 2.81. The Morgan fingerprint density at radius 2 is 2.06 bits per heavy atom. The largest absolute Gasteiger partial charge is 0.376 e. The molecule has 3 heterocycles. The molecular formula is C23H28ClFN6O. The van der Waals surface area contributed by atoms with E-state index in [4.69, 9.17) is 27.3 Å². The lowest BCUT2D eigenvalue weighted by molar-refractivity contribution is 0.0104. The summed E-state index contributed by atoms with van der Waals surface area (Å²) in [5.74, 6) is 0.363. The van der Waals surface area contributed by atoms with Gasteiger partial charge in [0.1, 0.15) is 5.82 Å². The lowest BCUT2D eigenvalue weighted by atomic mass is 9.92. The third-order valence-corrected chi connectivity index (χ3v) is 6.45. The van der Waals surface area contributed by atoms with Gasteiger partial charge in [0.15, 0.2) is 11.6 Å². The molecule has 4 N–H and O–H groups in total. The van der Waals surface area contributed by atoms with E-state index in [0.717, 1.165) is 32.1 Å². The molecule has 2 atom stereocenters. The van der Waals surface area contributed by atoms with Crippen LogP contribution in [0.3, 0.4) is 0 Å². The van der Waals surface area contributed by atoms with Crippen LogP contribution < -0.4 is 16.4 Å². The molecule has 170 valence electrons. The lowest BCUT2D eigenvalue weighted by Gasteiger charge is -2.27. The number of ether oxygens (including phenoxy) is 1. The fraction of sp³-hybridized carbons (Fsp3) is 0.522. The van der Waals surface area contributed by atoms with Gasteiger partial charge in [-0.1, -0.05) is 11.6 Å². The molecule has 7 nitrogen and oxygen atoms in total. The molecule has 9 heteroatoms. The predicted octanol–water partition coefficient (Wildman–Crippen LogP) is 4.35. The van der Waals surface area contributed by atoms with Gasteiger partial charge in [0.2, 0.25) is 0 Å². The van der Waals surface area contributed by atoms with Gasteiger partial charge in [-0.25, -0.2) is 14.4 Å². The van der Waals surface area contributed by atoms with Crippen LogP contribution in [-0.4, -0.2) is 41.3 Å². The second kappa shape index (κ2) is 10.4. The highest BCUT2D eigenvalue weighted by Crippen LogP contribution is 2.31. The van der Waals surface area contributed by atoms with Crippen molar-refractivity contribution in [1.29, 1.82) is 5.26 Å². The number of nitrogens with zero attached hydrogens (tertiary/aromatic N) is 3. The van der Waals surface area contributed by atoms with Gasteiger partial charge in [0, 0.05) is 37.0 Å². The number of hydrogen-bond donors (Lipinski definition) is 3. The summed E-state index contributed by atoms with van der Waals surface area (Å²) in [4.78, 5) is 8.86. The Labute approximate surface area is 192 Å². The number of anilines is 2. The van der Waals surface area contributed by atoms with Gasteiger partial charge in [-0.15, -0.1) is 0 Å². The first-order valence-corrected chi connectivity index (χ1v) is 11.5. The lowest BCUT2D eigenvalue weighted by Crippen LogP contribution is -2.33. The van der Waals surface area contributed by atoms with E-state index >= 15 is 0 Å². The van der Waals surface area contributed by atoms with Gasteiger partial charge in [-0.05, 0) is 56.7 Å². The summed E-state index contributed by atoms with van der Waals surface area (Å²) in [6.45, 7) is 0.919. The van der Waals surface area contributed by atoms with Gasteiger partial charge < -0.3 is 21.1 Å². The Bertz CT molecular complexity index is 975. The van der Waals surface area contributed by atoms with E-state index in [0.29, 0.717) is 47.7 Å². The summed E-state index contributed by atoms with van der Waals surface area (Å²) in [6, 6.07) is 7.71. The molecule has 0 bridgehead atoms. The number of pyridine rings is 2. The standard InChI is InChI=1S/C23H28ClFN6O/c24-19-13-28-22(30-16-3-1-15(27)2-4-16)10-18(19)21-6-5-20(25)23(31-21)29-12-17-9-14(11-26)7-8-32-17/h5-6,10,13-17H,1-4,7-9,12,27H2,(H,28,30)(H,29,31)/t14?,15-,16-,17?. The van der Waals surface area contributed by atoms with Crippen LogP contribution in [0.15, 0.2) is 24.4 Å². The Kier molecular flexibility index (Phi) is 7.40. The van der Waals surface area contributed by atoms with Crippen molar-refractivity contribution in [1.82, 2.24) is 9.97 Å². The van der Waals surface area contributed by atoms with Gasteiger partial charge >= 0.3 is 0 Å². The SMILES string of the molecule is N#CC1CCOC(CNc2nc(-c3cc(N[C@H]4CC[C@H](N)CC4)ncc3Cl)ccc2F)C1. The number of nitrogens with one attached hydrogen (secondary N) is 2. The smallest absolute Gasteiger partial charge is 0.165 e. The molecule has 2 aliphatic rings. The minimum absolute atomic E-state index is 0.0267. The monoisotopic (exact) mass is 458 g/mol. The molecule has 1 saturated carbocycles. The molecular weight excluding hydrogens is 431 g/mol. The highest BCUT2D eigenvalue weighted by atomic mass is 35.5. The molecule has 2 fully saturated rings. The zero-order valence-electron chi connectivity index (χ0n) is 17.9. The number of nitrogens with two attached hydrogens (primary N) is 1. The van der Waals surface area contributed by atoms with Crippen LogP contribution in [0.2, 0.25) is 5.02 Å². The summed E-state index contributed by atoms with van der Waals surface area (Å²) >= 11 is 6.40. The third kappa shape index (κ3) is 5.66. The van der Waals surface area contributed by atoms with Gasteiger partial charge in [-0.2, -0.15) is 5.26 Å². The summed E-state index contributed by atoms with van der Waals surface area (Å²) < 4.78 is 20.1. The molecule has 0 aromatic carbocycles. The first-order valence-electron chi connectivity index (χ1n) is 11.1. The molecule has 1 saturated heterocycles. The normalized spacial score (nSPS) is 25.7. The van der Waals surface area contributed by atoms with Crippen LogP contribution in [0.25, 0.3) is 11.3 Å². The first kappa shape index (κ1) is 22.7. The van der Waals surface area contributed by atoms with Crippen molar-refractivity contribution >= 4 is 23.2 Å². The van der Waals surface area contributed by atoms with E-state index in [9.17, 15) is 4.39 Å². The molecule has 32 heavy (non-hydrogen) atoms. The molecule has 1 aliphatic heterocycles. The Hall–Kier alpha value is -2.47. The maximum atomic E-state index is 14.4. The average molecular weight is 459 g/mol. The predicted molar refractivity (Wildman–Crippen MR) is 123 cm³/mol. The quantitative estimate of drug-likeness (QED) is 0.590. The summed E-state index contributed by atoms with van der Waals surface area (Å²) in [7, 11) is 0. The number of hydrogen-bond acceptors (Lipinski definition) is 7. The third-order valence-electron chi connectivity index (χ3n) is 6.15. The molecule has 0 spiro atoms. The van der Waals surface area contributed by atoms with Crippen molar-refractivity contribution in [2.45, 2.75) is 56.7 Å². The molecule has 2 aromatic rings. The van der Waals surface area contributed by atoms with Crippen molar-refractivity contribution < 1.29 is 9.13 Å². The van der Waals surface area contributed by atoms with Crippen molar-refractivity contribution in [3.8, 4) is 17.3 Å². The van der Waals surface area contributed by atoms with Crippen LogP contribution in [0.1, 0.15) is 38.5 Å². The molecule has 0 amide bonds. The fourth-order valence-corrected chi connectivity index (χ4v) is 4.45. The van der Waals surface area contributed by atoms with E-state index in [2.05, 4.69) is 26.7 Å². The van der Waals surface area contributed by atoms with E-state index in [1.807, 2.05) is 6.07 Å². The Morgan fingerprint density at radius 3 is 2.84 bits per heavy atom. The summed E-state index contributed by atoms with van der Waals surface area (Å²) in [5.41, 5.74) is 7.22. The van der Waals surface area contributed by atoms with Crippen molar-refractivity contribution in [2.24, 2.45) is 11.7 Å². The highest BCUT2D eigenvalue weighted by molar-refractivity contribution is 6.33. The number of nitriles is 1.